The molecule has 7 nitrogen and oxygen atoms in total. The van der Waals surface area contributed by atoms with Gasteiger partial charge in [0.2, 0.25) is 0 Å². The Labute approximate surface area is 181 Å². The fourth-order valence-electron chi connectivity index (χ4n) is 2.69. The van der Waals surface area contributed by atoms with Crippen LogP contribution in [0.25, 0.3) is 11.3 Å². The van der Waals surface area contributed by atoms with Crippen molar-refractivity contribution in [1.29, 1.82) is 0 Å². The topological polar surface area (TPSA) is 86.2 Å². The van der Waals surface area contributed by atoms with Gasteiger partial charge in [0.05, 0.1) is 30.6 Å². The number of thiazole rings is 2. The van der Waals surface area contributed by atoms with Gasteiger partial charge >= 0.3 is 0 Å². The summed E-state index contributed by atoms with van der Waals surface area (Å²) in [4.78, 5) is 25.3. The van der Waals surface area contributed by atoms with Gasteiger partial charge in [-0.1, -0.05) is 0 Å². The Hall–Kier alpha value is -3.30. The second kappa shape index (κ2) is 9.47. The minimum absolute atomic E-state index is 0.208. The number of amides is 1. The number of nitrogens with one attached hydrogen (secondary N) is 1. The first-order valence-corrected chi connectivity index (χ1v) is 10.9. The number of hydrogen-bond donors (Lipinski definition) is 1. The van der Waals surface area contributed by atoms with E-state index in [1.54, 1.807) is 43.2 Å². The number of ether oxygens (including phenoxy) is 2. The van der Waals surface area contributed by atoms with Gasteiger partial charge in [0.1, 0.15) is 11.6 Å². The third kappa shape index (κ3) is 4.81. The Bertz CT molecular complexity index is 1110. The number of methoxy groups -OCH3 is 1. The van der Waals surface area contributed by atoms with Crippen molar-refractivity contribution in [2.45, 2.75) is 13.2 Å². The van der Waals surface area contributed by atoms with Crippen LogP contribution in [0.15, 0.2) is 59.0 Å². The lowest BCUT2D eigenvalue weighted by Gasteiger charge is -2.11. The third-order valence-electron chi connectivity index (χ3n) is 4.21. The van der Waals surface area contributed by atoms with Gasteiger partial charge in [-0.15, -0.1) is 22.7 Å². The molecule has 0 saturated heterocycles. The standard InChI is InChI=1S/C21H18N4O3S2/c1-27-19-8-15(2-3-18(19)28-10-16-11-29-13-24-16)21(26)23-9-20-25-17(12-30-20)14-4-6-22-7-5-14/h2-8,11-13H,9-10H2,1H3,(H,23,26). The molecule has 0 aliphatic rings. The van der Waals surface area contributed by atoms with Crippen molar-refractivity contribution in [3.8, 4) is 22.8 Å². The molecule has 9 heteroatoms. The average Bonchev–Trinajstić information content (AvgIpc) is 3.49. The fourth-order valence-corrected chi connectivity index (χ4v) is 3.98. The molecule has 0 radical (unpaired) electrons. The van der Waals surface area contributed by atoms with Crippen molar-refractivity contribution >= 4 is 28.6 Å². The van der Waals surface area contributed by atoms with Crippen molar-refractivity contribution in [3.63, 3.8) is 0 Å². The zero-order valence-corrected chi connectivity index (χ0v) is 17.7. The maximum atomic E-state index is 12.6. The highest BCUT2D eigenvalue weighted by molar-refractivity contribution is 7.10. The molecular weight excluding hydrogens is 420 g/mol. The molecule has 0 spiro atoms. The van der Waals surface area contributed by atoms with Gasteiger partial charge in [-0.3, -0.25) is 9.78 Å². The average molecular weight is 439 g/mol. The Morgan fingerprint density at radius 2 is 2.00 bits per heavy atom. The summed E-state index contributed by atoms with van der Waals surface area (Å²) in [5.74, 6) is 0.844. The normalized spacial score (nSPS) is 10.6. The molecule has 30 heavy (non-hydrogen) atoms. The number of nitrogens with zero attached hydrogens (tertiary/aromatic N) is 3. The first-order valence-electron chi connectivity index (χ1n) is 9.04. The lowest BCUT2D eigenvalue weighted by molar-refractivity contribution is 0.0950. The highest BCUT2D eigenvalue weighted by atomic mass is 32.1. The molecule has 0 fully saturated rings. The van der Waals surface area contributed by atoms with E-state index >= 15 is 0 Å². The minimum Gasteiger partial charge on any atom is -0.493 e. The summed E-state index contributed by atoms with van der Waals surface area (Å²) in [6, 6.07) is 8.91. The summed E-state index contributed by atoms with van der Waals surface area (Å²) in [6.45, 7) is 0.689. The van der Waals surface area contributed by atoms with Gasteiger partial charge in [0.25, 0.3) is 5.91 Å². The summed E-state index contributed by atoms with van der Waals surface area (Å²) < 4.78 is 11.1. The molecular formula is C21H18N4O3S2. The van der Waals surface area contributed by atoms with Crippen LogP contribution in [-0.4, -0.2) is 28.0 Å². The minimum atomic E-state index is -0.208. The van der Waals surface area contributed by atoms with Crippen LogP contribution in [-0.2, 0) is 13.2 Å². The van der Waals surface area contributed by atoms with E-state index in [1.807, 2.05) is 22.9 Å². The molecule has 1 aromatic carbocycles. The molecule has 1 N–H and O–H groups in total. The van der Waals surface area contributed by atoms with Crippen LogP contribution in [0.3, 0.4) is 0 Å². The van der Waals surface area contributed by atoms with E-state index in [0.717, 1.165) is 22.0 Å². The molecule has 4 aromatic rings. The first kappa shape index (κ1) is 20.0. The number of pyridine rings is 1. The monoisotopic (exact) mass is 438 g/mol. The van der Waals surface area contributed by atoms with Gasteiger partial charge in [0, 0.05) is 34.3 Å². The smallest absolute Gasteiger partial charge is 0.251 e. The van der Waals surface area contributed by atoms with Crippen LogP contribution in [0.2, 0.25) is 0 Å². The number of carbonyl (C=O) groups excluding carboxylic acids is 1. The van der Waals surface area contributed by atoms with Gasteiger partial charge in [0.15, 0.2) is 11.5 Å². The molecule has 0 unspecified atom stereocenters. The van der Waals surface area contributed by atoms with E-state index in [-0.39, 0.29) is 5.91 Å². The first-order chi connectivity index (χ1) is 14.7. The molecule has 0 atom stereocenters. The van der Waals surface area contributed by atoms with Crippen molar-refractivity contribution in [1.82, 2.24) is 20.3 Å². The van der Waals surface area contributed by atoms with E-state index in [9.17, 15) is 4.79 Å². The lowest BCUT2D eigenvalue weighted by Crippen LogP contribution is -2.22. The highest BCUT2D eigenvalue weighted by Gasteiger charge is 2.13. The van der Waals surface area contributed by atoms with Gasteiger partial charge < -0.3 is 14.8 Å². The van der Waals surface area contributed by atoms with E-state index in [4.69, 9.17) is 9.47 Å². The summed E-state index contributed by atoms with van der Waals surface area (Å²) in [5, 5.41) is 7.61. The van der Waals surface area contributed by atoms with Crippen LogP contribution < -0.4 is 14.8 Å². The zero-order valence-electron chi connectivity index (χ0n) is 16.1. The summed E-state index contributed by atoms with van der Waals surface area (Å²) in [6.07, 6.45) is 3.46. The maximum Gasteiger partial charge on any atom is 0.251 e. The van der Waals surface area contributed by atoms with Crippen LogP contribution in [0.4, 0.5) is 0 Å². The molecule has 0 saturated carbocycles. The van der Waals surface area contributed by atoms with E-state index in [0.29, 0.717) is 30.2 Å². The van der Waals surface area contributed by atoms with E-state index in [2.05, 4.69) is 20.3 Å². The number of rotatable bonds is 8. The fraction of sp³-hybridized carbons (Fsp3) is 0.143. The quantitative estimate of drug-likeness (QED) is 0.444. The van der Waals surface area contributed by atoms with Crippen molar-refractivity contribution in [2.24, 2.45) is 0 Å². The van der Waals surface area contributed by atoms with Crippen molar-refractivity contribution in [2.75, 3.05) is 7.11 Å². The molecule has 0 aliphatic heterocycles. The van der Waals surface area contributed by atoms with Crippen molar-refractivity contribution in [3.05, 3.63) is 75.3 Å². The van der Waals surface area contributed by atoms with E-state index in [1.165, 1.54) is 22.7 Å². The Balaban J connectivity index is 1.38. The zero-order chi connectivity index (χ0) is 20.8. The predicted molar refractivity (Wildman–Crippen MR) is 116 cm³/mol. The summed E-state index contributed by atoms with van der Waals surface area (Å²) in [7, 11) is 1.54. The molecule has 3 heterocycles. The van der Waals surface area contributed by atoms with E-state index < -0.39 is 0 Å². The Morgan fingerprint density at radius 3 is 2.77 bits per heavy atom. The molecule has 0 bridgehead atoms. The van der Waals surface area contributed by atoms with Crippen LogP contribution in [0.1, 0.15) is 21.1 Å². The third-order valence-corrected chi connectivity index (χ3v) is 5.70. The highest BCUT2D eigenvalue weighted by Crippen LogP contribution is 2.29. The lowest BCUT2D eigenvalue weighted by atomic mass is 10.2. The number of benzene rings is 1. The molecule has 3 aromatic heterocycles. The van der Waals surface area contributed by atoms with Crippen LogP contribution in [0.5, 0.6) is 11.5 Å². The second-order valence-electron chi connectivity index (χ2n) is 6.18. The van der Waals surface area contributed by atoms with Gasteiger partial charge in [-0.2, -0.15) is 0 Å². The molecule has 0 aliphatic carbocycles. The largest absolute Gasteiger partial charge is 0.493 e. The molecule has 1 amide bonds. The maximum absolute atomic E-state index is 12.6. The summed E-state index contributed by atoms with van der Waals surface area (Å²) >= 11 is 3.01. The second-order valence-corrected chi connectivity index (χ2v) is 7.84. The van der Waals surface area contributed by atoms with Crippen LogP contribution >= 0.6 is 22.7 Å². The van der Waals surface area contributed by atoms with Crippen molar-refractivity contribution < 1.29 is 14.3 Å². The SMILES string of the molecule is COc1cc(C(=O)NCc2nc(-c3ccncc3)cs2)ccc1OCc1cscn1. The molecule has 4 rings (SSSR count). The van der Waals surface area contributed by atoms with Gasteiger partial charge in [-0.25, -0.2) is 9.97 Å². The van der Waals surface area contributed by atoms with Crippen LogP contribution in [0, 0.1) is 0 Å². The van der Waals surface area contributed by atoms with Gasteiger partial charge in [-0.05, 0) is 30.3 Å². The number of carbonyl (C=O) groups is 1. The predicted octanol–water partition coefficient (Wildman–Crippen LogP) is 4.18. The number of hydrogen-bond acceptors (Lipinski definition) is 8. The Morgan fingerprint density at radius 1 is 1.13 bits per heavy atom. The summed E-state index contributed by atoms with van der Waals surface area (Å²) in [5.41, 5.74) is 4.95. The Kier molecular flexibility index (Phi) is 6.31. The molecule has 152 valence electrons. The number of aromatic nitrogens is 3.